The van der Waals surface area contributed by atoms with Crippen LogP contribution in [0, 0.1) is 0 Å². The van der Waals surface area contributed by atoms with E-state index in [2.05, 4.69) is 4.98 Å². The van der Waals surface area contributed by atoms with Crippen LogP contribution in [0.25, 0.3) is 5.69 Å². The van der Waals surface area contributed by atoms with Crippen molar-refractivity contribution in [2.75, 3.05) is 13.1 Å². The number of halogens is 3. The molecule has 1 fully saturated rings. The fourth-order valence-electron chi connectivity index (χ4n) is 2.50. The lowest BCUT2D eigenvalue weighted by atomic mass is 10.2. The van der Waals surface area contributed by atoms with Gasteiger partial charge in [0.1, 0.15) is 12.0 Å². The van der Waals surface area contributed by atoms with Gasteiger partial charge in [-0.05, 0) is 31.0 Å². The molecule has 1 aliphatic heterocycles. The summed E-state index contributed by atoms with van der Waals surface area (Å²) in [6.07, 6.45) is 0.375. The van der Waals surface area contributed by atoms with Crippen LogP contribution >= 0.6 is 0 Å². The van der Waals surface area contributed by atoms with Gasteiger partial charge in [0.05, 0.1) is 5.56 Å². The van der Waals surface area contributed by atoms with Gasteiger partial charge in [-0.1, -0.05) is 6.07 Å². The molecular formula is C15H14F3N3O. The molecular weight excluding hydrogens is 295 g/mol. The number of amides is 1. The smallest absolute Gasteiger partial charge is 0.337 e. The highest BCUT2D eigenvalue weighted by Gasteiger charge is 2.30. The summed E-state index contributed by atoms with van der Waals surface area (Å²) in [4.78, 5) is 17.9. The van der Waals surface area contributed by atoms with Gasteiger partial charge in [0.25, 0.3) is 5.91 Å². The zero-order chi connectivity index (χ0) is 15.7. The molecule has 4 nitrogen and oxygen atoms in total. The standard InChI is InChI=1S/C15H14F3N3O/c16-15(17,18)11-4-3-5-12(8-11)21-9-13(19-10-21)14(22)20-6-1-2-7-20/h3-5,8-10H,1-2,6-7H2. The van der Waals surface area contributed by atoms with Crippen molar-refractivity contribution in [3.63, 3.8) is 0 Å². The summed E-state index contributed by atoms with van der Waals surface area (Å²) >= 11 is 0. The number of imidazole rings is 1. The minimum absolute atomic E-state index is 0.178. The molecule has 1 saturated heterocycles. The summed E-state index contributed by atoms with van der Waals surface area (Å²) < 4.78 is 39.6. The highest BCUT2D eigenvalue weighted by molar-refractivity contribution is 5.92. The SMILES string of the molecule is O=C(c1cn(-c2cccc(C(F)(F)F)c2)cn1)N1CCCC1. The second-order valence-electron chi connectivity index (χ2n) is 5.21. The molecule has 0 radical (unpaired) electrons. The quantitative estimate of drug-likeness (QED) is 0.855. The predicted molar refractivity (Wildman–Crippen MR) is 73.7 cm³/mol. The Balaban J connectivity index is 1.86. The van der Waals surface area contributed by atoms with Crippen molar-refractivity contribution >= 4 is 5.91 Å². The maximum absolute atomic E-state index is 12.7. The van der Waals surface area contributed by atoms with E-state index in [1.54, 1.807) is 11.0 Å². The molecule has 2 aromatic rings. The Hall–Kier alpha value is -2.31. The van der Waals surface area contributed by atoms with Crippen LogP contribution in [0.15, 0.2) is 36.8 Å². The number of nitrogens with zero attached hydrogens (tertiary/aromatic N) is 3. The predicted octanol–water partition coefficient (Wildman–Crippen LogP) is 3.13. The van der Waals surface area contributed by atoms with E-state index in [0.29, 0.717) is 18.8 Å². The molecule has 116 valence electrons. The molecule has 3 rings (SSSR count). The average Bonchev–Trinajstić information content (AvgIpc) is 3.17. The van der Waals surface area contributed by atoms with E-state index in [1.807, 2.05) is 0 Å². The fourth-order valence-corrected chi connectivity index (χ4v) is 2.50. The molecule has 0 bridgehead atoms. The van der Waals surface area contributed by atoms with Crippen LogP contribution < -0.4 is 0 Å². The minimum atomic E-state index is -4.40. The van der Waals surface area contributed by atoms with Gasteiger partial charge in [-0.2, -0.15) is 13.2 Å². The summed E-state index contributed by atoms with van der Waals surface area (Å²) in [5.41, 5.74) is -0.159. The average molecular weight is 309 g/mol. The molecule has 22 heavy (non-hydrogen) atoms. The number of alkyl halides is 3. The Labute approximate surface area is 125 Å². The number of aromatic nitrogens is 2. The van der Waals surface area contributed by atoms with Gasteiger partial charge in [0.2, 0.25) is 0 Å². The van der Waals surface area contributed by atoms with Crippen molar-refractivity contribution in [1.82, 2.24) is 14.5 Å². The Morgan fingerprint density at radius 2 is 1.91 bits per heavy atom. The van der Waals surface area contributed by atoms with E-state index in [1.165, 1.54) is 23.2 Å². The first-order valence-electron chi connectivity index (χ1n) is 6.96. The van der Waals surface area contributed by atoms with Gasteiger partial charge in [-0.15, -0.1) is 0 Å². The van der Waals surface area contributed by atoms with E-state index < -0.39 is 11.7 Å². The Bertz CT molecular complexity index is 687. The molecule has 1 aromatic heterocycles. The van der Waals surface area contributed by atoms with Crippen LogP contribution in [-0.4, -0.2) is 33.4 Å². The first kappa shape index (κ1) is 14.6. The van der Waals surface area contributed by atoms with Gasteiger partial charge < -0.3 is 9.47 Å². The van der Waals surface area contributed by atoms with Crippen molar-refractivity contribution in [2.24, 2.45) is 0 Å². The Kier molecular flexibility index (Phi) is 3.64. The number of hydrogen-bond acceptors (Lipinski definition) is 2. The van der Waals surface area contributed by atoms with Crippen LogP contribution in [0.2, 0.25) is 0 Å². The normalized spacial score (nSPS) is 15.3. The third-order valence-electron chi connectivity index (χ3n) is 3.67. The summed E-state index contributed by atoms with van der Waals surface area (Å²) in [6, 6.07) is 4.92. The maximum Gasteiger partial charge on any atom is 0.416 e. The molecule has 0 atom stereocenters. The zero-order valence-corrected chi connectivity index (χ0v) is 11.7. The summed E-state index contributed by atoms with van der Waals surface area (Å²) in [7, 11) is 0. The molecule has 0 N–H and O–H groups in total. The number of carbonyl (C=O) groups is 1. The lowest BCUT2D eigenvalue weighted by Crippen LogP contribution is -2.27. The van der Waals surface area contributed by atoms with Gasteiger partial charge in [0, 0.05) is 25.0 Å². The summed E-state index contributed by atoms with van der Waals surface area (Å²) in [5.74, 6) is -0.178. The van der Waals surface area contributed by atoms with Crippen molar-refractivity contribution in [3.8, 4) is 5.69 Å². The first-order chi connectivity index (χ1) is 10.4. The Morgan fingerprint density at radius 1 is 1.18 bits per heavy atom. The largest absolute Gasteiger partial charge is 0.416 e. The lowest BCUT2D eigenvalue weighted by molar-refractivity contribution is -0.137. The van der Waals surface area contributed by atoms with E-state index in [4.69, 9.17) is 0 Å². The minimum Gasteiger partial charge on any atom is -0.337 e. The van der Waals surface area contributed by atoms with E-state index in [9.17, 15) is 18.0 Å². The second kappa shape index (κ2) is 5.47. The monoisotopic (exact) mass is 309 g/mol. The third kappa shape index (κ3) is 2.84. The second-order valence-corrected chi connectivity index (χ2v) is 5.21. The lowest BCUT2D eigenvalue weighted by Gasteiger charge is -2.12. The van der Waals surface area contributed by atoms with Gasteiger partial charge in [-0.3, -0.25) is 4.79 Å². The maximum atomic E-state index is 12.7. The van der Waals surface area contributed by atoms with E-state index in [-0.39, 0.29) is 11.6 Å². The van der Waals surface area contributed by atoms with Crippen molar-refractivity contribution in [3.05, 3.63) is 48.0 Å². The van der Waals surface area contributed by atoms with Crippen molar-refractivity contribution < 1.29 is 18.0 Å². The molecule has 1 aliphatic rings. The summed E-state index contributed by atoms with van der Waals surface area (Å²) in [6.45, 7) is 1.41. The molecule has 7 heteroatoms. The number of hydrogen-bond donors (Lipinski definition) is 0. The highest BCUT2D eigenvalue weighted by Crippen LogP contribution is 2.30. The van der Waals surface area contributed by atoms with Crippen LogP contribution in [0.5, 0.6) is 0 Å². The zero-order valence-electron chi connectivity index (χ0n) is 11.7. The Morgan fingerprint density at radius 3 is 2.59 bits per heavy atom. The van der Waals surface area contributed by atoms with Crippen LogP contribution in [0.3, 0.4) is 0 Å². The van der Waals surface area contributed by atoms with Crippen LogP contribution in [0.1, 0.15) is 28.9 Å². The third-order valence-corrected chi connectivity index (χ3v) is 3.67. The van der Waals surface area contributed by atoms with Gasteiger partial charge in [0.15, 0.2) is 0 Å². The van der Waals surface area contributed by atoms with E-state index in [0.717, 1.165) is 25.0 Å². The van der Waals surface area contributed by atoms with Gasteiger partial charge in [-0.25, -0.2) is 4.98 Å². The molecule has 0 aliphatic carbocycles. The highest BCUT2D eigenvalue weighted by atomic mass is 19.4. The van der Waals surface area contributed by atoms with E-state index >= 15 is 0 Å². The number of rotatable bonds is 2. The van der Waals surface area contributed by atoms with Crippen LogP contribution in [-0.2, 0) is 6.18 Å². The molecule has 1 amide bonds. The van der Waals surface area contributed by atoms with Crippen molar-refractivity contribution in [1.29, 1.82) is 0 Å². The number of carbonyl (C=O) groups excluding carboxylic acids is 1. The molecule has 0 spiro atoms. The van der Waals surface area contributed by atoms with Crippen LogP contribution in [0.4, 0.5) is 13.2 Å². The number of benzene rings is 1. The molecule has 0 unspecified atom stereocenters. The molecule has 2 heterocycles. The van der Waals surface area contributed by atoms with Gasteiger partial charge >= 0.3 is 6.18 Å². The fraction of sp³-hybridized carbons (Fsp3) is 0.333. The number of likely N-dealkylation sites (tertiary alicyclic amines) is 1. The summed E-state index contributed by atoms with van der Waals surface area (Å²) in [5, 5.41) is 0. The topological polar surface area (TPSA) is 38.1 Å². The molecule has 0 saturated carbocycles. The van der Waals surface area contributed by atoms with Crippen molar-refractivity contribution in [2.45, 2.75) is 19.0 Å². The molecule has 1 aromatic carbocycles. The first-order valence-corrected chi connectivity index (χ1v) is 6.96.